The van der Waals surface area contributed by atoms with Crippen molar-refractivity contribution in [3.8, 4) is 0 Å². The summed E-state index contributed by atoms with van der Waals surface area (Å²) in [6, 6.07) is -0.902. The maximum Gasteiger partial charge on any atom is 0.389 e. The van der Waals surface area contributed by atoms with Gasteiger partial charge in [-0.2, -0.15) is 17.5 Å². The summed E-state index contributed by atoms with van der Waals surface area (Å²) in [5.74, 6) is -1.28. The second-order valence-corrected chi connectivity index (χ2v) is 6.37. The molecule has 0 radical (unpaired) electrons. The molecule has 5 nitrogen and oxygen atoms in total. The second-order valence-electron chi connectivity index (χ2n) is 4.33. The van der Waals surface area contributed by atoms with Crippen molar-refractivity contribution >= 4 is 16.0 Å². The van der Waals surface area contributed by atoms with Gasteiger partial charge in [-0.1, -0.05) is 0 Å². The van der Waals surface area contributed by atoms with Crippen LogP contribution in [0.3, 0.4) is 0 Å². The third kappa shape index (κ3) is 4.64. The number of rotatable bonds is 5. The molecule has 0 spiro atoms. The van der Waals surface area contributed by atoms with E-state index >= 15 is 0 Å². The smallest absolute Gasteiger partial charge is 0.389 e. The Morgan fingerprint density at radius 2 is 2.05 bits per heavy atom. The minimum absolute atomic E-state index is 0.147. The number of ether oxygens (including phenoxy) is 1. The van der Waals surface area contributed by atoms with Crippen molar-refractivity contribution in [2.75, 3.05) is 19.4 Å². The highest BCUT2D eigenvalue weighted by atomic mass is 32.2. The highest BCUT2D eigenvalue weighted by molar-refractivity contribution is 7.89. The SMILES string of the molecule is COC(=O)C1CCCN1S(=O)(=O)CCCC(F)(F)F. The molecule has 1 atom stereocenters. The molecule has 1 rings (SSSR count). The highest BCUT2D eigenvalue weighted by Gasteiger charge is 2.39. The predicted octanol–water partition coefficient (Wildman–Crippen LogP) is 1.30. The molecule has 0 aromatic rings. The van der Waals surface area contributed by atoms with E-state index in [0.717, 1.165) is 11.4 Å². The van der Waals surface area contributed by atoms with Gasteiger partial charge in [-0.25, -0.2) is 8.42 Å². The first-order valence-electron chi connectivity index (χ1n) is 5.81. The van der Waals surface area contributed by atoms with E-state index in [4.69, 9.17) is 0 Å². The number of methoxy groups -OCH3 is 1. The molecular formula is C10H16F3NO4S. The van der Waals surface area contributed by atoms with Gasteiger partial charge in [-0.3, -0.25) is 4.79 Å². The lowest BCUT2D eigenvalue weighted by molar-refractivity contribution is -0.144. The number of hydrogen-bond acceptors (Lipinski definition) is 4. The van der Waals surface area contributed by atoms with Gasteiger partial charge in [0.25, 0.3) is 0 Å². The number of carbonyl (C=O) groups is 1. The number of halogens is 3. The zero-order valence-corrected chi connectivity index (χ0v) is 11.3. The van der Waals surface area contributed by atoms with Gasteiger partial charge in [-0.05, 0) is 19.3 Å². The van der Waals surface area contributed by atoms with E-state index in [1.165, 1.54) is 0 Å². The average Bonchev–Trinajstić information content (AvgIpc) is 2.75. The Labute approximate surface area is 109 Å². The summed E-state index contributed by atoms with van der Waals surface area (Å²) >= 11 is 0. The van der Waals surface area contributed by atoms with E-state index in [0.29, 0.717) is 12.8 Å². The van der Waals surface area contributed by atoms with Gasteiger partial charge in [0.05, 0.1) is 12.9 Å². The molecule has 112 valence electrons. The maximum atomic E-state index is 12.0. The van der Waals surface area contributed by atoms with Crippen molar-refractivity contribution in [1.29, 1.82) is 0 Å². The molecule has 0 saturated carbocycles. The number of hydrogen-bond donors (Lipinski definition) is 0. The Balaban J connectivity index is 2.64. The van der Waals surface area contributed by atoms with Gasteiger partial charge in [0.2, 0.25) is 10.0 Å². The van der Waals surface area contributed by atoms with E-state index < -0.39 is 46.8 Å². The van der Waals surface area contributed by atoms with Crippen LogP contribution < -0.4 is 0 Å². The number of carbonyl (C=O) groups excluding carboxylic acids is 1. The maximum absolute atomic E-state index is 12.0. The number of nitrogens with zero attached hydrogens (tertiary/aromatic N) is 1. The molecular weight excluding hydrogens is 287 g/mol. The van der Waals surface area contributed by atoms with Gasteiger partial charge in [0.1, 0.15) is 6.04 Å². The molecule has 1 heterocycles. The normalized spacial score (nSPS) is 21.6. The molecule has 9 heteroatoms. The van der Waals surface area contributed by atoms with Crippen molar-refractivity contribution in [3.63, 3.8) is 0 Å². The van der Waals surface area contributed by atoms with Crippen molar-refractivity contribution in [2.24, 2.45) is 0 Å². The fraction of sp³-hybridized carbons (Fsp3) is 0.900. The second kappa shape index (κ2) is 6.08. The number of sulfonamides is 1. The van der Waals surface area contributed by atoms with Crippen LogP contribution in [0.25, 0.3) is 0 Å². The largest absolute Gasteiger partial charge is 0.468 e. The fourth-order valence-corrected chi connectivity index (χ4v) is 3.75. The summed E-state index contributed by atoms with van der Waals surface area (Å²) in [7, 11) is -2.71. The van der Waals surface area contributed by atoms with E-state index in [9.17, 15) is 26.4 Å². The van der Waals surface area contributed by atoms with Crippen LogP contribution in [-0.4, -0.2) is 50.3 Å². The molecule has 1 aliphatic rings. The Morgan fingerprint density at radius 1 is 1.42 bits per heavy atom. The summed E-state index contributed by atoms with van der Waals surface area (Å²) in [6.45, 7) is 0.147. The topological polar surface area (TPSA) is 63.7 Å². The zero-order chi connectivity index (χ0) is 14.7. The summed E-state index contributed by atoms with van der Waals surface area (Å²) in [4.78, 5) is 11.4. The molecule has 1 unspecified atom stereocenters. The van der Waals surface area contributed by atoms with Crippen LogP contribution in [0.1, 0.15) is 25.7 Å². The predicted molar refractivity (Wildman–Crippen MR) is 60.8 cm³/mol. The van der Waals surface area contributed by atoms with Crippen LogP contribution in [0.5, 0.6) is 0 Å². The van der Waals surface area contributed by atoms with Crippen LogP contribution in [0.15, 0.2) is 0 Å². The van der Waals surface area contributed by atoms with Gasteiger partial charge in [0, 0.05) is 13.0 Å². The first-order chi connectivity index (χ1) is 8.67. The van der Waals surface area contributed by atoms with E-state index in [1.807, 2.05) is 0 Å². The van der Waals surface area contributed by atoms with Crippen LogP contribution >= 0.6 is 0 Å². The quantitative estimate of drug-likeness (QED) is 0.718. The molecule has 0 N–H and O–H groups in total. The van der Waals surface area contributed by atoms with E-state index in [-0.39, 0.29) is 6.54 Å². The Hall–Kier alpha value is -0.830. The van der Waals surface area contributed by atoms with Crippen LogP contribution in [0.4, 0.5) is 13.2 Å². The van der Waals surface area contributed by atoms with Gasteiger partial charge in [-0.15, -0.1) is 0 Å². The third-order valence-electron chi connectivity index (χ3n) is 2.90. The monoisotopic (exact) mass is 303 g/mol. The first-order valence-corrected chi connectivity index (χ1v) is 7.42. The third-order valence-corrected chi connectivity index (χ3v) is 4.85. The summed E-state index contributed by atoms with van der Waals surface area (Å²) in [6.07, 6.45) is -5.19. The van der Waals surface area contributed by atoms with Crippen molar-refractivity contribution in [2.45, 2.75) is 37.9 Å². The molecule has 0 aromatic heterocycles. The van der Waals surface area contributed by atoms with Gasteiger partial charge in [0.15, 0.2) is 0 Å². The first kappa shape index (κ1) is 16.2. The molecule has 0 aromatic carbocycles. The minimum atomic E-state index is -4.37. The molecule has 0 aliphatic carbocycles. The summed E-state index contributed by atoms with van der Waals surface area (Å²) in [5.41, 5.74) is 0. The Morgan fingerprint density at radius 3 is 2.58 bits per heavy atom. The van der Waals surface area contributed by atoms with Crippen molar-refractivity contribution in [3.05, 3.63) is 0 Å². The minimum Gasteiger partial charge on any atom is -0.468 e. The molecule has 1 saturated heterocycles. The summed E-state index contributed by atoms with van der Waals surface area (Å²) < 4.78 is 65.2. The number of esters is 1. The van der Waals surface area contributed by atoms with Crippen LogP contribution in [0.2, 0.25) is 0 Å². The van der Waals surface area contributed by atoms with E-state index in [2.05, 4.69) is 4.74 Å². The lowest BCUT2D eigenvalue weighted by atomic mass is 10.2. The standard InChI is InChI=1S/C10H16F3NO4S/c1-18-9(15)8-4-2-6-14(8)19(16,17)7-3-5-10(11,12)13/h8H,2-7H2,1H3. The zero-order valence-electron chi connectivity index (χ0n) is 10.4. The lowest BCUT2D eigenvalue weighted by Crippen LogP contribution is -2.42. The van der Waals surface area contributed by atoms with Gasteiger partial charge >= 0.3 is 12.1 Å². The van der Waals surface area contributed by atoms with Gasteiger partial charge < -0.3 is 4.74 Å². The summed E-state index contributed by atoms with van der Waals surface area (Å²) in [5, 5.41) is 0. The van der Waals surface area contributed by atoms with Crippen molar-refractivity contribution in [1.82, 2.24) is 4.31 Å². The van der Waals surface area contributed by atoms with Crippen LogP contribution in [-0.2, 0) is 19.6 Å². The van der Waals surface area contributed by atoms with E-state index in [1.54, 1.807) is 0 Å². The molecule has 1 fully saturated rings. The fourth-order valence-electron chi connectivity index (χ4n) is 2.02. The Kier molecular flexibility index (Phi) is 5.19. The molecule has 0 amide bonds. The lowest BCUT2D eigenvalue weighted by Gasteiger charge is -2.22. The number of alkyl halides is 3. The van der Waals surface area contributed by atoms with Crippen molar-refractivity contribution < 1.29 is 31.1 Å². The molecule has 1 aliphatic heterocycles. The molecule has 0 bridgehead atoms. The highest BCUT2D eigenvalue weighted by Crippen LogP contribution is 2.25. The average molecular weight is 303 g/mol. The molecule has 19 heavy (non-hydrogen) atoms. The Bertz CT molecular complexity index is 421. The van der Waals surface area contributed by atoms with Crippen LogP contribution in [0, 0.1) is 0 Å².